The fraction of sp³-hybridized carbons (Fsp3) is 0.333. The number of Topliss-reactive ketones (excluding diaryl/α,β-unsaturated/α-hetero) is 1. The Kier molecular flexibility index (Phi) is 8.43. The Balaban J connectivity index is 1.58. The number of imide groups is 1. The summed E-state index contributed by atoms with van der Waals surface area (Å²) in [7, 11) is -1.53. The molecule has 0 spiro atoms. The van der Waals surface area contributed by atoms with Gasteiger partial charge in [-0.1, -0.05) is 24.3 Å². The number of rotatable bonds is 8. The number of piperazine rings is 1. The summed E-state index contributed by atoms with van der Waals surface area (Å²) in [5.74, 6) is -5.68. The van der Waals surface area contributed by atoms with Crippen molar-refractivity contribution >= 4 is 42.7 Å². The molecule has 0 aliphatic carbocycles. The quantitative estimate of drug-likeness (QED) is 0.268. The molecular formula is C27H28BN3O10. The van der Waals surface area contributed by atoms with Gasteiger partial charge in [-0.05, 0) is 49.1 Å². The lowest BCUT2D eigenvalue weighted by atomic mass is 9.64. The number of carboxylic acid groups (broad SMARTS) is 2. The largest absolute Gasteiger partial charge is 0.535 e. The first-order valence-electron chi connectivity index (χ1n) is 12.9. The van der Waals surface area contributed by atoms with E-state index in [1.807, 2.05) is 0 Å². The maximum Gasteiger partial charge on any atom is 0.526 e. The first kappa shape index (κ1) is 29.3. The summed E-state index contributed by atoms with van der Waals surface area (Å²) in [6.45, 7) is 3.63. The molecule has 14 heteroatoms. The lowest BCUT2D eigenvalue weighted by molar-refractivity contribution is -0.153. The predicted octanol–water partition coefficient (Wildman–Crippen LogP) is 1.28. The molecule has 2 aromatic carbocycles. The molecule has 13 nitrogen and oxygen atoms in total. The van der Waals surface area contributed by atoms with Crippen LogP contribution in [0, 0.1) is 6.92 Å². The van der Waals surface area contributed by atoms with Gasteiger partial charge in [0.2, 0.25) is 0 Å². The van der Waals surface area contributed by atoms with E-state index in [9.17, 15) is 44.0 Å². The first-order chi connectivity index (χ1) is 19.4. The van der Waals surface area contributed by atoms with E-state index >= 15 is 0 Å². The zero-order chi connectivity index (χ0) is 30.0. The van der Waals surface area contributed by atoms with Crippen LogP contribution >= 0.6 is 0 Å². The minimum Gasteiger partial charge on any atom is -0.535 e. The van der Waals surface area contributed by atoms with Crippen LogP contribution in [0.2, 0.25) is 5.82 Å². The molecule has 0 saturated carbocycles. The van der Waals surface area contributed by atoms with E-state index in [2.05, 4.69) is 5.32 Å². The number of amides is 4. The van der Waals surface area contributed by atoms with Crippen LogP contribution in [0.3, 0.4) is 0 Å². The molecule has 4 amide bonds. The van der Waals surface area contributed by atoms with Gasteiger partial charge >= 0.3 is 36.9 Å². The van der Waals surface area contributed by atoms with E-state index in [4.69, 9.17) is 4.65 Å². The van der Waals surface area contributed by atoms with Gasteiger partial charge in [0.25, 0.3) is 0 Å². The number of fused-ring (bicyclic) bond motifs is 1. The lowest BCUT2D eigenvalue weighted by Crippen LogP contribution is -2.58. The van der Waals surface area contributed by atoms with Crippen molar-refractivity contribution in [2.75, 3.05) is 19.6 Å². The SMILES string of the molecule is CCN1CCN(C(=O)NC(C(=O)C[C@H]2Cc3ccc(C)c(C(=O)O)c3OB2O)c2ccc(C(=O)O)cc2)C(=O)C1=O. The number of aromatic carboxylic acids is 2. The van der Waals surface area contributed by atoms with Crippen molar-refractivity contribution in [1.82, 2.24) is 15.1 Å². The Labute approximate surface area is 234 Å². The molecule has 4 rings (SSSR count). The molecule has 0 radical (unpaired) electrons. The van der Waals surface area contributed by atoms with Gasteiger partial charge in [-0.15, -0.1) is 0 Å². The molecule has 0 aromatic heterocycles. The van der Waals surface area contributed by atoms with Gasteiger partial charge in [-0.2, -0.15) is 0 Å². The topological polar surface area (TPSA) is 191 Å². The highest BCUT2D eigenvalue weighted by Crippen LogP contribution is 2.38. The van der Waals surface area contributed by atoms with Crippen LogP contribution in [0.4, 0.5) is 4.79 Å². The molecule has 2 aliphatic heterocycles. The Morgan fingerprint density at radius 3 is 2.32 bits per heavy atom. The number of carboxylic acids is 2. The van der Waals surface area contributed by atoms with Gasteiger partial charge in [-0.25, -0.2) is 14.4 Å². The number of urea groups is 1. The van der Waals surface area contributed by atoms with E-state index in [0.717, 1.165) is 0 Å². The molecule has 1 fully saturated rings. The number of benzene rings is 2. The number of likely N-dealkylation sites (N-methyl/N-ethyl adjacent to an activating group) is 1. The molecule has 2 aliphatic rings. The fourth-order valence-electron chi connectivity index (χ4n) is 4.97. The van der Waals surface area contributed by atoms with Gasteiger partial charge in [0.1, 0.15) is 17.4 Å². The summed E-state index contributed by atoms with van der Waals surface area (Å²) in [5, 5.41) is 32.0. The van der Waals surface area contributed by atoms with Gasteiger partial charge in [0, 0.05) is 31.9 Å². The molecule has 2 heterocycles. The number of ketones is 1. The number of nitrogens with zero attached hydrogens (tertiary/aromatic N) is 2. The average Bonchev–Trinajstić information content (AvgIpc) is 2.93. The third-order valence-electron chi connectivity index (χ3n) is 7.27. The van der Waals surface area contributed by atoms with Crippen molar-refractivity contribution in [2.45, 2.75) is 38.5 Å². The van der Waals surface area contributed by atoms with Crippen LogP contribution in [0.15, 0.2) is 36.4 Å². The molecular weight excluding hydrogens is 537 g/mol. The van der Waals surface area contributed by atoms with Crippen molar-refractivity contribution in [3.63, 3.8) is 0 Å². The second-order valence-corrected chi connectivity index (χ2v) is 9.85. The molecule has 214 valence electrons. The Morgan fingerprint density at radius 1 is 1.02 bits per heavy atom. The van der Waals surface area contributed by atoms with Crippen molar-refractivity contribution in [3.05, 3.63) is 64.2 Å². The van der Waals surface area contributed by atoms with Crippen LogP contribution in [0.5, 0.6) is 5.75 Å². The summed E-state index contributed by atoms with van der Waals surface area (Å²) < 4.78 is 5.54. The molecule has 2 atom stereocenters. The smallest absolute Gasteiger partial charge is 0.526 e. The van der Waals surface area contributed by atoms with E-state index in [1.54, 1.807) is 26.0 Å². The zero-order valence-electron chi connectivity index (χ0n) is 22.3. The summed E-state index contributed by atoms with van der Waals surface area (Å²) in [6.07, 6.45) is -0.216. The van der Waals surface area contributed by atoms with Crippen molar-refractivity contribution in [1.29, 1.82) is 0 Å². The third kappa shape index (κ3) is 5.92. The van der Waals surface area contributed by atoms with Crippen LogP contribution in [0.25, 0.3) is 0 Å². The monoisotopic (exact) mass is 565 g/mol. The Morgan fingerprint density at radius 2 is 1.71 bits per heavy atom. The molecule has 1 unspecified atom stereocenters. The predicted molar refractivity (Wildman–Crippen MR) is 142 cm³/mol. The van der Waals surface area contributed by atoms with E-state index in [0.29, 0.717) is 22.6 Å². The second kappa shape index (κ2) is 11.8. The van der Waals surface area contributed by atoms with Crippen LogP contribution in [-0.2, 0) is 20.8 Å². The number of hydrogen-bond acceptors (Lipinski definition) is 8. The summed E-state index contributed by atoms with van der Waals surface area (Å²) in [5.41, 5.74) is 1.01. The number of aryl methyl sites for hydroxylation is 1. The van der Waals surface area contributed by atoms with Crippen LogP contribution in [-0.4, -0.2) is 87.4 Å². The summed E-state index contributed by atoms with van der Waals surface area (Å²) in [6, 6.07) is 6.12. The van der Waals surface area contributed by atoms with Crippen molar-refractivity contribution in [2.24, 2.45) is 0 Å². The van der Waals surface area contributed by atoms with Crippen LogP contribution < -0.4 is 9.97 Å². The van der Waals surface area contributed by atoms with Gasteiger partial charge in [0.05, 0.1) is 5.56 Å². The van der Waals surface area contributed by atoms with Crippen LogP contribution in [0.1, 0.15) is 56.8 Å². The summed E-state index contributed by atoms with van der Waals surface area (Å²) >= 11 is 0. The van der Waals surface area contributed by atoms with Crippen molar-refractivity contribution < 1.29 is 48.7 Å². The third-order valence-corrected chi connectivity index (χ3v) is 7.27. The van der Waals surface area contributed by atoms with E-state index < -0.39 is 54.5 Å². The molecule has 41 heavy (non-hydrogen) atoms. The average molecular weight is 565 g/mol. The van der Waals surface area contributed by atoms with Gasteiger partial charge < -0.3 is 30.1 Å². The lowest BCUT2D eigenvalue weighted by Gasteiger charge is -2.33. The normalized spacial score (nSPS) is 17.4. The highest BCUT2D eigenvalue weighted by atomic mass is 16.5. The minimum absolute atomic E-state index is 0.0252. The van der Waals surface area contributed by atoms with E-state index in [-0.39, 0.29) is 48.4 Å². The Hall–Kier alpha value is -4.72. The van der Waals surface area contributed by atoms with Gasteiger partial charge in [-0.3, -0.25) is 19.3 Å². The highest BCUT2D eigenvalue weighted by molar-refractivity contribution is 6.47. The number of hydrogen-bond donors (Lipinski definition) is 4. The standard InChI is InChI=1S/C27H28BN3O10/c1-3-30-10-11-31(24(34)23(30)33)27(39)29-21(15-6-8-16(9-7-15)25(35)36)19(32)13-18-12-17-5-4-14(2)20(26(37)38)22(17)41-28(18)40/h4-9,18,21,40H,3,10-13H2,1-2H3,(H,29,39)(H,35,36)(H,37,38)/t18-,21?/m1/s1. The summed E-state index contributed by atoms with van der Waals surface area (Å²) in [4.78, 5) is 76.6. The van der Waals surface area contributed by atoms with Gasteiger partial charge in [0.15, 0.2) is 5.78 Å². The second-order valence-electron chi connectivity index (χ2n) is 9.85. The molecule has 2 aromatic rings. The first-order valence-corrected chi connectivity index (χ1v) is 12.9. The number of carbonyl (C=O) groups excluding carboxylic acids is 4. The molecule has 1 saturated heterocycles. The highest BCUT2D eigenvalue weighted by Gasteiger charge is 2.41. The zero-order valence-corrected chi connectivity index (χ0v) is 22.3. The number of nitrogens with one attached hydrogen (secondary N) is 1. The Bertz CT molecular complexity index is 1430. The molecule has 0 bridgehead atoms. The maximum atomic E-state index is 13.6. The fourth-order valence-corrected chi connectivity index (χ4v) is 4.97. The van der Waals surface area contributed by atoms with Crippen molar-refractivity contribution in [3.8, 4) is 5.75 Å². The number of carbonyl (C=O) groups is 6. The maximum absolute atomic E-state index is 13.6. The minimum atomic E-state index is -1.53. The molecule has 4 N–H and O–H groups in total. The van der Waals surface area contributed by atoms with E-state index in [1.165, 1.54) is 29.2 Å².